The zero-order chi connectivity index (χ0) is 18.5. The Morgan fingerprint density at radius 3 is 2.81 bits per heavy atom. The molecule has 1 aliphatic heterocycles. The minimum absolute atomic E-state index is 0.0574. The molecule has 2 amide bonds. The maximum absolute atomic E-state index is 12.2. The molecule has 0 radical (unpaired) electrons. The Morgan fingerprint density at radius 2 is 1.96 bits per heavy atom. The highest BCUT2D eigenvalue weighted by atomic mass is 16.5. The summed E-state index contributed by atoms with van der Waals surface area (Å²) < 4.78 is 11.4. The van der Waals surface area contributed by atoms with Crippen LogP contribution in [-0.4, -0.2) is 28.6 Å². The molecule has 0 saturated heterocycles. The first-order valence-corrected chi connectivity index (χ1v) is 8.60. The van der Waals surface area contributed by atoms with E-state index in [0.29, 0.717) is 18.0 Å². The van der Waals surface area contributed by atoms with Gasteiger partial charge in [-0.1, -0.05) is 24.3 Å². The van der Waals surface area contributed by atoms with Crippen molar-refractivity contribution >= 4 is 11.7 Å². The van der Waals surface area contributed by atoms with Crippen molar-refractivity contribution in [3.05, 3.63) is 72.6 Å². The van der Waals surface area contributed by atoms with E-state index in [4.69, 9.17) is 9.47 Å². The Bertz CT molecular complexity index is 908. The topological polar surface area (TPSA) is 85.4 Å². The van der Waals surface area contributed by atoms with Crippen LogP contribution < -0.4 is 20.1 Å². The number of rotatable bonds is 5. The Labute approximate surface area is 156 Å². The molecule has 4 rings (SSSR count). The zero-order valence-electron chi connectivity index (χ0n) is 14.5. The van der Waals surface area contributed by atoms with Crippen LogP contribution in [0.3, 0.4) is 0 Å². The predicted octanol–water partition coefficient (Wildman–Crippen LogP) is 3.39. The third-order valence-corrected chi connectivity index (χ3v) is 4.05. The standard InChI is InChI=1S/C20H18N4O3/c25-19(23-13-17-11-14-5-1-2-8-18(14)26-17)24-15-6-3-7-16(12-15)27-20-21-9-4-10-22-20/h1-10,12,17H,11,13H2,(H2,23,24,25)/t17-/m1/s1. The average molecular weight is 362 g/mol. The number of fused-ring (bicyclic) bond motifs is 1. The van der Waals surface area contributed by atoms with Gasteiger partial charge in [-0.25, -0.2) is 14.8 Å². The van der Waals surface area contributed by atoms with Crippen molar-refractivity contribution < 1.29 is 14.3 Å². The van der Waals surface area contributed by atoms with Crippen LogP contribution in [0.5, 0.6) is 17.5 Å². The molecule has 7 heteroatoms. The van der Waals surface area contributed by atoms with E-state index in [1.54, 1.807) is 42.7 Å². The van der Waals surface area contributed by atoms with Crippen molar-refractivity contribution in [1.29, 1.82) is 0 Å². The molecule has 0 aliphatic carbocycles. The van der Waals surface area contributed by atoms with Crippen LogP contribution in [0.1, 0.15) is 5.56 Å². The molecule has 2 heterocycles. The fourth-order valence-corrected chi connectivity index (χ4v) is 2.83. The molecule has 0 unspecified atom stereocenters. The first kappa shape index (κ1) is 16.8. The van der Waals surface area contributed by atoms with Gasteiger partial charge in [0, 0.05) is 30.6 Å². The maximum atomic E-state index is 12.2. The molecule has 136 valence electrons. The maximum Gasteiger partial charge on any atom is 0.321 e. The summed E-state index contributed by atoms with van der Waals surface area (Å²) in [7, 11) is 0. The predicted molar refractivity (Wildman–Crippen MR) is 100 cm³/mol. The second-order valence-corrected chi connectivity index (χ2v) is 6.05. The second-order valence-electron chi connectivity index (χ2n) is 6.05. The van der Waals surface area contributed by atoms with Crippen molar-refractivity contribution in [3.8, 4) is 17.5 Å². The number of carbonyl (C=O) groups is 1. The lowest BCUT2D eigenvalue weighted by Crippen LogP contribution is -2.37. The number of para-hydroxylation sites is 1. The number of urea groups is 1. The number of anilines is 1. The normalized spacial score (nSPS) is 14.7. The molecule has 0 spiro atoms. The third kappa shape index (κ3) is 4.33. The first-order valence-electron chi connectivity index (χ1n) is 8.60. The fraction of sp³-hybridized carbons (Fsp3) is 0.150. The lowest BCUT2D eigenvalue weighted by atomic mass is 10.1. The van der Waals surface area contributed by atoms with E-state index in [1.807, 2.05) is 24.3 Å². The molecule has 0 bridgehead atoms. The lowest BCUT2D eigenvalue weighted by Gasteiger charge is -2.13. The van der Waals surface area contributed by atoms with E-state index in [-0.39, 0.29) is 18.1 Å². The first-order chi connectivity index (χ1) is 13.3. The molecular weight excluding hydrogens is 344 g/mol. The molecule has 3 aromatic rings. The number of hydrogen-bond acceptors (Lipinski definition) is 5. The molecule has 0 saturated carbocycles. The molecule has 1 atom stereocenters. The summed E-state index contributed by atoms with van der Waals surface area (Å²) in [5.41, 5.74) is 1.77. The van der Waals surface area contributed by atoms with Gasteiger partial charge in [-0.15, -0.1) is 0 Å². The van der Waals surface area contributed by atoms with Gasteiger partial charge in [-0.3, -0.25) is 0 Å². The molecule has 2 N–H and O–H groups in total. The number of nitrogens with one attached hydrogen (secondary N) is 2. The number of ether oxygens (including phenoxy) is 2. The van der Waals surface area contributed by atoms with Gasteiger partial charge in [0.2, 0.25) is 0 Å². The van der Waals surface area contributed by atoms with Gasteiger partial charge in [0.05, 0.1) is 6.54 Å². The van der Waals surface area contributed by atoms with Crippen LogP contribution in [0.15, 0.2) is 67.0 Å². The van der Waals surface area contributed by atoms with Crippen molar-refractivity contribution in [2.45, 2.75) is 12.5 Å². The Balaban J connectivity index is 1.29. The number of carbonyl (C=O) groups excluding carboxylic acids is 1. The minimum Gasteiger partial charge on any atom is -0.488 e. The Kier molecular flexibility index (Phi) is 4.82. The van der Waals surface area contributed by atoms with Gasteiger partial charge in [-0.2, -0.15) is 0 Å². The highest BCUT2D eigenvalue weighted by Gasteiger charge is 2.22. The minimum atomic E-state index is -0.303. The summed E-state index contributed by atoms with van der Waals surface area (Å²) in [6.45, 7) is 0.425. The largest absolute Gasteiger partial charge is 0.488 e. The van der Waals surface area contributed by atoms with Crippen LogP contribution >= 0.6 is 0 Å². The van der Waals surface area contributed by atoms with Crippen molar-refractivity contribution in [2.24, 2.45) is 0 Å². The average Bonchev–Trinajstić information content (AvgIpc) is 3.11. The number of nitrogens with zero attached hydrogens (tertiary/aromatic N) is 2. The summed E-state index contributed by atoms with van der Waals surface area (Å²) in [5, 5.41) is 5.62. The Hall–Kier alpha value is -3.61. The van der Waals surface area contributed by atoms with Crippen LogP contribution in [0.4, 0.5) is 10.5 Å². The lowest BCUT2D eigenvalue weighted by molar-refractivity contribution is 0.219. The number of aromatic nitrogens is 2. The molecule has 27 heavy (non-hydrogen) atoms. The molecule has 1 aromatic heterocycles. The van der Waals surface area contributed by atoms with E-state index >= 15 is 0 Å². The number of hydrogen-bond donors (Lipinski definition) is 2. The summed E-state index contributed by atoms with van der Waals surface area (Å²) in [5.74, 6) is 1.42. The molecule has 1 aliphatic rings. The molecule has 0 fully saturated rings. The van der Waals surface area contributed by atoms with E-state index in [9.17, 15) is 4.79 Å². The quantitative estimate of drug-likeness (QED) is 0.727. The number of amides is 2. The van der Waals surface area contributed by atoms with Crippen molar-refractivity contribution in [3.63, 3.8) is 0 Å². The SMILES string of the molecule is O=C(NC[C@H]1Cc2ccccc2O1)Nc1cccc(Oc2ncccn2)c1. The monoisotopic (exact) mass is 362 g/mol. The smallest absolute Gasteiger partial charge is 0.321 e. The van der Waals surface area contributed by atoms with Gasteiger partial charge in [0.1, 0.15) is 17.6 Å². The van der Waals surface area contributed by atoms with Gasteiger partial charge in [0.25, 0.3) is 0 Å². The highest BCUT2D eigenvalue weighted by Crippen LogP contribution is 2.27. The molecular formula is C20H18N4O3. The van der Waals surface area contributed by atoms with E-state index < -0.39 is 0 Å². The van der Waals surface area contributed by atoms with Crippen LogP contribution in [0, 0.1) is 0 Å². The zero-order valence-corrected chi connectivity index (χ0v) is 14.5. The van der Waals surface area contributed by atoms with Crippen LogP contribution in [-0.2, 0) is 6.42 Å². The summed E-state index contributed by atoms with van der Waals surface area (Å²) in [6.07, 6.45) is 3.93. The van der Waals surface area contributed by atoms with Crippen LogP contribution in [0.2, 0.25) is 0 Å². The van der Waals surface area contributed by atoms with Gasteiger partial charge >= 0.3 is 12.0 Å². The van der Waals surface area contributed by atoms with Gasteiger partial charge < -0.3 is 20.1 Å². The van der Waals surface area contributed by atoms with Crippen LogP contribution in [0.25, 0.3) is 0 Å². The van der Waals surface area contributed by atoms with Crippen molar-refractivity contribution in [1.82, 2.24) is 15.3 Å². The molecule has 7 nitrogen and oxygen atoms in total. The summed E-state index contributed by atoms with van der Waals surface area (Å²) >= 11 is 0. The third-order valence-electron chi connectivity index (χ3n) is 4.05. The highest BCUT2D eigenvalue weighted by molar-refractivity contribution is 5.89. The summed E-state index contributed by atoms with van der Waals surface area (Å²) in [4.78, 5) is 20.2. The van der Waals surface area contributed by atoms with Gasteiger partial charge in [-0.05, 0) is 29.8 Å². The van der Waals surface area contributed by atoms with E-state index in [0.717, 1.165) is 17.7 Å². The van der Waals surface area contributed by atoms with Crippen molar-refractivity contribution in [2.75, 3.05) is 11.9 Å². The second kappa shape index (κ2) is 7.74. The number of benzene rings is 2. The fourth-order valence-electron chi connectivity index (χ4n) is 2.83. The van der Waals surface area contributed by atoms with E-state index in [1.165, 1.54) is 0 Å². The summed E-state index contributed by atoms with van der Waals surface area (Å²) in [6, 6.07) is 16.6. The Morgan fingerprint density at radius 1 is 1.11 bits per heavy atom. The molecule has 2 aromatic carbocycles. The van der Waals surface area contributed by atoms with E-state index in [2.05, 4.69) is 20.6 Å². The van der Waals surface area contributed by atoms with Gasteiger partial charge in [0.15, 0.2) is 0 Å².